The number of anilines is 1. The third-order valence-electron chi connectivity index (χ3n) is 3.85. The zero-order valence-corrected chi connectivity index (χ0v) is 11.1. The number of nitriles is 1. The van der Waals surface area contributed by atoms with Crippen molar-refractivity contribution in [3.63, 3.8) is 0 Å². The Morgan fingerprint density at radius 1 is 1.50 bits per heavy atom. The molecule has 0 bridgehead atoms. The molecule has 0 amide bonds. The molecule has 1 aliphatic rings. The molecule has 1 fully saturated rings. The van der Waals surface area contributed by atoms with E-state index in [1.807, 2.05) is 0 Å². The molecular formula is C14H20N4. The van der Waals surface area contributed by atoms with Crippen LogP contribution in [0.1, 0.15) is 25.3 Å². The van der Waals surface area contributed by atoms with E-state index < -0.39 is 0 Å². The van der Waals surface area contributed by atoms with Gasteiger partial charge in [-0.05, 0) is 25.5 Å². The number of pyridine rings is 1. The fraction of sp³-hybridized carbons (Fsp3) is 0.571. The summed E-state index contributed by atoms with van der Waals surface area (Å²) in [7, 11) is 2.07. The molecule has 0 atom stereocenters. The Bertz CT molecular complexity index is 430. The number of aromatic nitrogens is 1. The van der Waals surface area contributed by atoms with E-state index in [1.54, 1.807) is 18.5 Å². The first-order valence-corrected chi connectivity index (χ1v) is 6.55. The Morgan fingerprint density at radius 2 is 2.22 bits per heavy atom. The Labute approximate surface area is 109 Å². The van der Waals surface area contributed by atoms with Crippen LogP contribution < -0.4 is 4.90 Å². The average molecular weight is 244 g/mol. The maximum absolute atomic E-state index is 9.13. The van der Waals surface area contributed by atoms with Crippen LogP contribution in [-0.2, 0) is 0 Å². The molecule has 1 saturated heterocycles. The molecule has 96 valence electrons. The largest absolute Gasteiger partial charge is 0.369 e. The maximum atomic E-state index is 9.13. The van der Waals surface area contributed by atoms with Gasteiger partial charge in [-0.1, -0.05) is 6.92 Å². The quantitative estimate of drug-likeness (QED) is 0.814. The van der Waals surface area contributed by atoms with Crippen LogP contribution in [0, 0.1) is 11.3 Å². The smallest absolute Gasteiger partial charge is 0.101 e. The van der Waals surface area contributed by atoms with Crippen molar-refractivity contribution in [2.45, 2.75) is 25.8 Å². The Morgan fingerprint density at radius 3 is 2.83 bits per heavy atom. The van der Waals surface area contributed by atoms with Crippen molar-refractivity contribution in [1.29, 1.82) is 5.26 Å². The van der Waals surface area contributed by atoms with E-state index in [4.69, 9.17) is 5.26 Å². The number of nitrogens with zero attached hydrogens (tertiary/aromatic N) is 4. The molecule has 0 spiro atoms. The van der Waals surface area contributed by atoms with Gasteiger partial charge in [0.2, 0.25) is 0 Å². The second-order valence-corrected chi connectivity index (χ2v) is 4.78. The molecule has 0 aromatic carbocycles. The number of piperidine rings is 1. The van der Waals surface area contributed by atoms with Crippen molar-refractivity contribution in [2.24, 2.45) is 0 Å². The molecular weight excluding hydrogens is 224 g/mol. The summed E-state index contributed by atoms with van der Waals surface area (Å²) in [5.41, 5.74) is 1.67. The Kier molecular flexibility index (Phi) is 4.16. The molecule has 1 aromatic rings. The zero-order valence-electron chi connectivity index (χ0n) is 11.1. The minimum absolute atomic E-state index is 0.518. The van der Waals surface area contributed by atoms with Crippen molar-refractivity contribution in [3.8, 4) is 6.07 Å². The van der Waals surface area contributed by atoms with Crippen LogP contribution in [0.5, 0.6) is 0 Å². The third-order valence-corrected chi connectivity index (χ3v) is 3.85. The number of hydrogen-bond acceptors (Lipinski definition) is 4. The van der Waals surface area contributed by atoms with Gasteiger partial charge in [-0.15, -0.1) is 0 Å². The monoisotopic (exact) mass is 244 g/mol. The molecule has 0 N–H and O–H groups in total. The van der Waals surface area contributed by atoms with Gasteiger partial charge in [0, 0.05) is 32.4 Å². The van der Waals surface area contributed by atoms with Crippen LogP contribution in [0.15, 0.2) is 18.5 Å². The highest BCUT2D eigenvalue weighted by Gasteiger charge is 2.23. The van der Waals surface area contributed by atoms with Crippen LogP contribution in [0.4, 0.5) is 5.69 Å². The van der Waals surface area contributed by atoms with E-state index in [0.29, 0.717) is 11.6 Å². The summed E-state index contributed by atoms with van der Waals surface area (Å²) in [6, 6.07) is 4.55. The highest BCUT2D eigenvalue weighted by atomic mass is 15.2. The van der Waals surface area contributed by atoms with Gasteiger partial charge in [0.05, 0.1) is 17.4 Å². The van der Waals surface area contributed by atoms with Gasteiger partial charge < -0.3 is 9.80 Å². The standard InChI is InChI=1S/C14H20N4/c1-3-18-8-5-13(6-9-18)17(2)14-11-16-7-4-12(14)10-15/h4,7,11,13H,3,5-6,8-9H2,1-2H3. The normalized spacial score (nSPS) is 17.4. The summed E-state index contributed by atoms with van der Waals surface area (Å²) in [5.74, 6) is 0. The van der Waals surface area contributed by atoms with Crippen LogP contribution in [0.2, 0.25) is 0 Å². The summed E-state index contributed by atoms with van der Waals surface area (Å²) >= 11 is 0. The van der Waals surface area contributed by atoms with Gasteiger partial charge in [-0.2, -0.15) is 5.26 Å². The minimum atomic E-state index is 0.518. The average Bonchev–Trinajstić information content (AvgIpc) is 2.46. The number of hydrogen-bond donors (Lipinski definition) is 0. The van der Waals surface area contributed by atoms with E-state index >= 15 is 0 Å². The van der Waals surface area contributed by atoms with Gasteiger partial charge in [0.15, 0.2) is 0 Å². The first-order chi connectivity index (χ1) is 8.76. The first kappa shape index (κ1) is 12.8. The predicted molar refractivity (Wildman–Crippen MR) is 72.5 cm³/mol. The van der Waals surface area contributed by atoms with Crippen LogP contribution in [-0.4, -0.2) is 42.6 Å². The highest BCUT2D eigenvalue weighted by Crippen LogP contribution is 2.24. The van der Waals surface area contributed by atoms with E-state index in [9.17, 15) is 0 Å². The molecule has 2 rings (SSSR count). The van der Waals surface area contributed by atoms with Gasteiger partial charge in [-0.25, -0.2) is 0 Å². The lowest BCUT2D eigenvalue weighted by Gasteiger charge is -2.37. The van der Waals surface area contributed by atoms with Gasteiger partial charge in [0.25, 0.3) is 0 Å². The SMILES string of the molecule is CCN1CCC(N(C)c2cnccc2C#N)CC1. The van der Waals surface area contributed by atoms with Crippen molar-refractivity contribution in [2.75, 3.05) is 31.6 Å². The lowest BCUT2D eigenvalue weighted by atomic mass is 10.0. The molecule has 0 radical (unpaired) electrons. The van der Waals surface area contributed by atoms with Gasteiger partial charge >= 0.3 is 0 Å². The van der Waals surface area contributed by atoms with Gasteiger partial charge in [0.1, 0.15) is 6.07 Å². The summed E-state index contributed by atoms with van der Waals surface area (Å²) in [4.78, 5) is 8.83. The Hall–Kier alpha value is -1.60. The van der Waals surface area contributed by atoms with E-state index in [-0.39, 0.29) is 0 Å². The van der Waals surface area contributed by atoms with Crippen molar-refractivity contribution >= 4 is 5.69 Å². The maximum Gasteiger partial charge on any atom is 0.101 e. The summed E-state index contributed by atoms with van der Waals surface area (Å²) < 4.78 is 0. The van der Waals surface area contributed by atoms with E-state index in [0.717, 1.165) is 38.2 Å². The topological polar surface area (TPSA) is 43.2 Å². The first-order valence-electron chi connectivity index (χ1n) is 6.55. The minimum Gasteiger partial charge on any atom is -0.369 e. The fourth-order valence-corrected chi connectivity index (χ4v) is 2.58. The lowest BCUT2D eigenvalue weighted by molar-refractivity contribution is 0.221. The summed E-state index contributed by atoms with van der Waals surface area (Å²) in [5, 5.41) is 9.13. The third kappa shape index (κ3) is 2.62. The lowest BCUT2D eigenvalue weighted by Crippen LogP contribution is -2.43. The van der Waals surface area contributed by atoms with Crippen LogP contribution in [0.3, 0.4) is 0 Å². The summed E-state index contributed by atoms with van der Waals surface area (Å²) in [6.45, 7) is 5.63. The fourth-order valence-electron chi connectivity index (χ4n) is 2.58. The molecule has 18 heavy (non-hydrogen) atoms. The number of likely N-dealkylation sites (tertiary alicyclic amines) is 1. The second-order valence-electron chi connectivity index (χ2n) is 4.78. The van der Waals surface area contributed by atoms with Gasteiger partial charge in [-0.3, -0.25) is 4.98 Å². The van der Waals surface area contributed by atoms with E-state index in [2.05, 4.69) is 34.8 Å². The van der Waals surface area contributed by atoms with Crippen LogP contribution in [0.25, 0.3) is 0 Å². The molecule has 0 aliphatic carbocycles. The molecule has 0 unspecified atom stereocenters. The molecule has 1 aliphatic heterocycles. The molecule has 4 nitrogen and oxygen atoms in total. The predicted octanol–water partition coefficient (Wildman–Crippen LogP) is 1.87. The molecule has 1 aromatic heterocycles. The van der Waals surface area contributed by atoms with Crippen molar-refractivity contribution < 1.29 is 0 Å². The zero-order chi connectivity index (χ0) is 13.0. The molecule has 0 saturated carbocycles. The van der Waals surface area contributed by atoms with E-state index in [1.165, 1.54) is 0 Å². The Balaban J connectivity index is 2.08. The summed E-state index contributed by atoms with van der Waals surface area (Å²) in [6.07, 6.45) is 5.79. The second kappa shape index (κ2) is 5.83. The van der Waals surface area contributed by atoms with Crippen LogP contribution >= 0.6 is 0 Å². The van der Waals surface area contributed by atoms with Crippen molar-refractivity contribution in [3.05, 3.63) is 24.0 Å². The molecule has 2 heterocycles. The highest BCUT2D eigenvalue weighted by molar-refractivity contribution is 5.57. The van der Waals surface area contributed by atoms with Crippen molar-refractivity contribution in [1.82, 2.24) is 9.88 Å². The molecule has 4 heteroatoms. The number of rotatable bonds is 3.